The van der Waals surface area contributed by atoms with Crippen LogP contribution in [-0.2, 0) is 9.16 Å². The van der Waals surface area contributed by atoms with Crippen LogP contribution in [0, 0.1) is 5.92 Å². The molecule has 3 rings (SSSR count). The maximum Gasteiger partial charge on any atom is 0.261 e. The minimum Gasteiger partial charge on any atom is -0.404 e. The highest BCUT2D eigenvalue weighted by Crippen LogP contribution is 2.39. The topological polar surface area (TPSA) is 18.5 Å². The molecule has 3 heteroatoms. The quantitative estimate of drug-likeness (QED) is 0.670. The molecule has 0 aliphatic heterocycles. The van der Waals surface area contributed by atoms with E-state index < -0.39 is 8.32 Å². The van der Waals surface area contributed by atoms with E-state index in [0.717, 1.165) is 19.4 Å². The van der Waals surface area contributed by atoms with Gasteiger partial charge in [-0.3, -0.25) is 0 Å². The number of methoxy groups -OCH3 is 1. The highest BCUT2D eigenvalue weighted by molar-refractivity contribution is 6.99. The van der Waals surface area contributed by atoms with Gasteiger partial charge in [0.25, 0.3) is 8.32 Å². The molecule has 0 N–H and O–H groups in total. The fraction of sp³-hybridized carbons (Fsp3) is 0.500. The van der Waals surface area contributed by atoms with Crippen LogP contribution >= 0.6 is 0 Å². The summed E-state index contributed by atoms with van der Waals surface area (Å²) in [5.41, 5.74) is 0. The van der Waals surface area contributed by atoms with Gasteiger partial charge < -0.3 is 9.16 Å². The molecule has 146 valence electrons. The first-order valence-electron chi connectivity index (χ1n) is 10.2. The molecule has 0 radical (unpaired) electrons. The molecule has 0 aromatic heterocycles. The van der Waals surface area contributed by atoms with Crippen LogP contribution in [0.3, 0.4) is 0 Å². The van der Waals surface area contributed by atoms with E-state index in [4.69, 9.17) is 9.16 Å². The van der Waals surface area contributed by atoms with Gasteiger partial charge in [-0.2, -0.15) is 0 Å². The maximum absolute atomic E-state index is 7.24. The zero-order chi connectivity index (χ0) is 19.3. The molecular formula is C24H34O2Si. The van der Waals surface area contributed by atoms with Crippen molar-refractivity contribution in [2.75, 3.05) is 13.7 Å². The Bertz CT molecular complexity index is 646. The second-order valence-electron chi connectivity index (χ2n) is 8.88. The largest absolute Gasteiger partial charge is 0.404 e. The monoisotopic (exact) mass is 382 g/mol. The van der Waals surface area contributed by atoms with Crippen LogP contribution in [0.1, 0.15) is 46.5 Å². The summed E-state index contributed by atoms with van der Waals surface area (Å²) in [5, 5.41) is 2.81. The molecule has 2 aromatic rings. The van der Waals surface area contributed by atoms with Crippen molar-refractivity contribution >= 4 is 18.7 Å². The molecule has 27 heavy (non-hydrogen) atoms. The second kappa shape index (κ2) is 8.72. The lowest BCUT2D eigenvalue weighted by atomic mass is 9.88. The number of benzene rings is 2. The van der Waals surface area contributed by atoms with Gasteiger partial charge in [0.2, 0.25) is 0 Å². The summed E-state index contributed by atoms with van der Waals surface area (Å²) in [6.45, 7) is 7.95. The van der Waals surface area contributed by atoms with Crippen molar-refractivity contribution in [1.29, 1.82) is 0 Å². The van der Waals surface area contributed by atoms with Crippen LogP contribution in [-0.4, -0.2) is 28.1 Å². The Hall–Kier alpha value is -1.42. The molecule has 2 aromatic carbocycles. The predicted molar refractivity (Wildman–Crippen MR) is 116 cm³/mol. The van der Waals surface area contributed by atoms with E-state index in [1.54, 1.807) is 0 Å². The van der Waals surface area contributed by atoms with Gasteiger partial charge in [-0.05, 0) is 47.0 Å². The SMILES string of the molecule is COC[C@H]1CC[C@@H](O[Si](c2ccccc2)(c2ccccc2)C(C)(C)C)CC1. The Morgan fingerprint density at radius 1 is 0.815 bits per heavy atom. The normalized spacial score (nSPS) is 21.2. The molecule has 1 aliphatic carbocycles. The van der Waals surface area contributed by atoms with E-state index >= 15 is 0 Å². The standard InChI is InChI=1S/C24H34O2Si/c1-24(2,3)27(22-11-7-5-8-12-22,23-13-9-6-10-14-23)26-21-17-15-20(16-18-21)19-25-4/h5-14,20-21H,15-19H2,1-4H3/t20-,21+. The molecule has 0 bridgehead atoms. The fourth-order valence-electron chi connectivity index (χ4n) is 4.59. The smallest absolute Gasteiger partial charge is 0.261 e. The van der Waals surface area contributed by atoms with E-state index in [1.165, 1.54) is 23.2 Å². The van der Waals surface area contributed by atoms with Crippen LogP contribution in [0.4, 0.5) is 0 Å². The van der Waals surface area contributed by atoms with Crippen molar-refractivity contribution in [1.82, 2.24) is 0 Å². The first kappa shape index (κ1) is 20.3. The lowest BCUT2D eigenvalue weighted by Gasteiger charge is -2.46. The zero-order valence-electron chi connectivity index (χ0n) is 17.3. The van der Waals surface area contributed by atoms with E-state index in [9.17, 15) is 0 Å². The number of ether oxygens (including phenoxy) is 1. The van der Waals surface area contributed by atoms with Gasteiger partial charge in [0.1, 0.15) is 0 Å². The average Bonchev–Trinajstić information content (AvgIpc) is 2.68. The first-order valence-corrected chi connectivity index (χ1v) is 12.2. The van der Waals surface area contributed by atoms with Crippen LogP contribution in [0.5, 0.6) is 0 Å². The highest BCUT2D eigenvalue weighted by atomic mass is 28.4. The third-order valence-electron chi connectivity index (χ3n) is 5.96. The van der Waals surface area contributed by atoms with Crippen LogP contribution in [0.2, 0.25) is 5.04 Å². The minimum absolute atomic E-state index is 0.0546. The molecule has 2 nitrogen and oxygen atoms in total. The summed E-state index contributed by atoms with van der Waals surface area (Å²) in [6.07, 6.45) is 5.02. The van der Waals surface area contributed by atoms with Crippen LogP contribution in [0.25, 0.3) is 0 Å². The van der Waals surface area contributed by atoms with Crippen molar-refractivity contribution in [2.45, 2.75) is 57.6 Å². The lowest BCUT2D eigenvalue weighted by molar-refractivity contribution is 0.0792. The molecule has 0 saturated heterocycles. The van der Waals surface area contributed by atoms with Gasteiger partial charge in [-0.25, -0.2) is 0 Å². The molecule has 0 atom stereocenters. The molecular weight excluding hydrogens is 348 g/mol. The molecule has 1 aliphatic rings. The van der Waals surface area contributed by atoms with Gasteiger partial charge in [-0.15, -0.1) is 0 Å². The molecule has 0 amide bonds. The van der Waals surface area contributed by atoms with Gasteiger partial charge in [0, 0.05) is 19.8 Å². The Labute approximate surface area is 166 Å². The summed E-state index contributed by atoms with van der Waals surface area (Å²) in [7, 11) is -0.598. The van der Waals surface area contributed by atoms with Crippen LogP contribution in [0.15, 0.2) is 60.7 Å². The number of hydrogen-bond donors (Lipinski definition) is 0. The molecule has 1 saturated carbocycles. The average molecular weight is 383 g/mol. The minimum atomic E-state index is -2.41. The van der Waals surface area contributed by atoms with Crippen molar-refractivity contribution in [2.24, 2.45) is 5.92 Å². The number of hydrogen-bond acceptors (Lipinski definition) is 2. The molecule has 0 spiro atoms. The van der Waals surface area contributed by atoms with E-state index in [2.05, 4.69) is 81.4 Å². The Morgan fingerprint density at radius 3 is 1.70 bits per heavy atom. The molecule has 1 fully saturated rings. The summed E-state index contributed by atoms with van der Waals surface area (Å²) in [5.74, 6) is 0.689. The van der Waals surface area contributed by atoms with Crippen molar-refractivity contribution < 1.29 is 9.16 Å². The third-order valence-corrected chi connectivity index (χ3v) is 11.0. The van der Waals surface area contributed by atoms with Gasteiger partial charge in [-0.1, -0.05) is 81.4 Å². The zero-order valence-corrected chi connectivity index (χ0v) is 18.3. The van der Waals surface area contributed by atoms with Crippen molar-refractivity contribution in [3.8, 4) is 0 Å². The van der Waals surface area contributed by atoms with Gasteiger partial charge in [0.15, 0.2) is 0 Å². The van der Waals surface area contributed by atoms with Gasteiger partial charge in [0.05, 0.1) is 0 Å². The maximum atomic E-state index is 7.24. The molecule has 0 heterocycles. The number of rotatable bonds is 6. The summed E-state index contributed by atoms with van der Waals surface area (Å²) in [6, 6.07) is 22.0. The van der Waals surface area contributed by atoms with E-state index in [1.807, 2.05) is 7.11 Å². The Morgan fingerprint density at radius 2 is 1.30 bits per heavy atom. The first-order chi connectivity index (χ1) is 13.0. The second-order valence-corrected chi connectivity index (χ2v) is 13.1. The van der Waals surface area contributed by atoms with Crippen molar-refractivity contribution in [3.05, 3.63) is 60.7 Å². The Balaban J connectivity index is 1.98. The fourth-order valence-corrected chi connectivity index (χ4v) is 9.34. The Kier molecular flexibility index (Phi) is 6.56. The molecule has 0 unspecified atom stereocenters. The van der Waals surface area contributed by atoms with E-state index in [0.29, 0.717) is 12.0 Å². The summed E-state index contributed by atoms with van der Waals surface area (Å²) in [4.78, 5) is 0. The lowest BCUT2D eigenvalue weighted by Crippen LogP contribution is -2.67. The van der Waals surface area contributed by atoms with Crippen molar-refractivity contribution in [3.63, 3.8) is 0 Å². The van der Waals surface area contributed by atoms with E-state index in [-0.39, 0.29) is 5.04 Å². The summed E-state index contributed by atoms with van der Waals surface area (Å²) >= 11 is 0. The van der Waals surface area contributed by atoms with Crippen LogP contribution < -0.4 is 10.4 Å². The highest BCUT2D eigenvalue weighted by Gasteiger charge is 2.51. The van der Waals surface area contributed by atoms with Gasteiger partial charge >= 0.3 is 0 Å². The predicted octanol–water partition coefficient (Wildman–Crippen LogP) is 4.77. The third kappa shape index (κ3) is 4.36. The summed E-state index contributed by atoms with van der Waals surface area (Å²) < 4.78 is 12.6.